The van der Waals surface area contributed by atoms with Gasteiger partial charge in [-0.15, -0.1) is 0 Å². The molecule has 1 spiro atoms. The minimum absolute atomic E-state index is 0.0950. The first-order valence-electron chi connectivity index (χ1n) is 20.9. The first-order chi connectivity index (χ1) is 28.0. The molecular formula is C54H47N3. The normalized spacial score (nSPS) is 22.2. The van der Waals surface area contributed by atoms with Gasteiger partial charge in [-0.05, 0) is 91.5 Å². The van der Waals surface area contributed by atoms with Crippen molar-refractivity contribution in [3.8, 4) is 22.3 Å². The zero-order valence-electron chi connectivity index (χ0n) is 32.8. The van der Waals surface area contributed by atoms with Crippen molar-refractivity contribution in [2.75, 3.05) is 0 Å². The summed E-state index contributed by atoms with van der Waals surface area (Å²) in [5.41, 5.74) is 17.4. The SMILES string of the molecule is CC1(C)c2ccccc2C2C=C3C(=CC21)c1cc(-c2ccc(C4=NC(c5ccc(-c6ccccc6)cc5)N=C(c5ccccc5)N4)cc2)ccc1C31CCCCC1. The predicted molar refractivity (Wildman–Crippen MR) is 236 cm³/mol. The topological polar surface area (TPSA) is 36.8 Å². The lowest BCUT2D eigenvalue weighted by Crippen LogP contribution is -2.36. The Morgan fingerprint density at radius 1 is 0.526 bits per heavy atom. The minimum Gasteiger partial charge on any atom is -0.324 e. The van der Waals surface area contributed by atoms with Crippen LogP contribution in [0.4, 0.5) is 0 Å². The summed E-state index contributed by atoms with van der Waals surface area (Å²) in [5, 5.41) is 3.60. The molecule has 6 aromatic carbocycles. The van der Waals surface area contributed by atoms with Crippen LogP contribution in [0.15, 0.2) is 179 Å². The average Bonchev–Trinajstić information content (AvgIpc) is 3.66. The van der Waals surface area contributed by atoms with Crippen molar-refractivity contribution in [2.45, 2.75) is 68.9 Å². The van der Waals surface area contributed by atoms with Crippen LogP contribution in [-0.2, 0) is 10.8 Å². The van der Waals surface area contributed by atoms with Gasteiger partial charge in [-0.1, -0.05) is 191 Å². The molecule has 1 saturated carbocycles. The van der Waals surface area contributed by atoms with Gasteiger partial charge in [-0.25, -0.2) is 9.98 Å². The Labute approximate surface area is 336 Å². The summed E-state index contributed by atoms with van der Waals surface area (Å²) in [6, 6.07) is 55.1. The van der Waals surface area contributed by atoms with Crippen molar-refractivity contribution in [1.82, 2.24) is 5.32 Å². The Bertz CT molecular complexity index is 2640. The number of allylic oxidation sites excluding steroid dienone is 4. The van der Waals surface area contributed by atoms with E-state index in [1.807, 2.05) is 6.07 Å². The summed E-state index contributed by atoms with van der Waals surface area (Å²) in [4.78, 5) is 10.3. The highest BCUT2D eigenvalue weighted by Gasteiger charge is 2.52. The number of nitrogens with one attached hydrogen (secondary N) is 1. The van der Waals surface area contributed by atoms with E-state index in [2.05, 4.69) is 177 Å². The number of hydrogen-bond acceptors (Lipinski definition) is 3. The molecule has 0 amide bonds. The molecule has 5 aliphatic rings. The van der Waals surface area contributed by atoms with Crippen molar-refractivity contribution in [1.29, 1.82) is 0 Å². The summed E-state index contributed by atoms with van der Waals surface area (Å²) >= 11 is 0. The third-order valence-corrected chi connectivity index (χ3v) is 13.9. The number of amidine groups is 2. The number of benzene rings is 6. The largest absolute Gasteiger partial charge is 0.324 e. The molecule has 1 heterocycles. The van der Waals surface area contributed by atoms with Crippen molar-refractivity contribution in [3.63, 3.8) is 0 Å². The van der Waals surface area contributed by atoms with Crippen LogP contribution in [0.25, 0.3) is 27.8 Å². The van der Waals surface area contributed by atoms with Gasteiger partial charge < -0.3 is 5.32 Å². The van der Waals surface area contributed by atoms with Gasteiger partial charge >= 0.3 is 0 Å². The number of hydrogen-bond donors (Lipinski definition) is 1. The standard InChI is InChI=1S/C54H47N3/c1-53(2)46-19-11-10-18-42(46)44-34-49-45(33-48(44)53)43-32-41(28-29-47(43)54(49)30-12-5-13-31-54)37-22-26-40(27-23-37)52-56-50(38-16-8-4-9-17-38)55-51(57-52)39-24-20-36(21-25-39)35-14-6-3-7-15-35/h3-4,6-11,14-29,32-34,44,48,51H,5,12-13,30-31H2,1-2H3,(H,55,56,57). The van der Waals surface area contributed by atoms with E-state index in [0.717, 1.165) is 28.4 Å². The van der Waals surface area contributed by atoms with Gasteiger partial charge in [-0.2, -0.15) is 0 Å². The second-order valence-corrected chi connectivity index (χ2v) is 17.3. The average molecular weight is 738 g/mol. The molecule has 0 aromatic heterocycles. The second-order valence-electron chi connectivity index (χ2n) is 17.3. The highest BCUT2D eigenvalue weighted by Crippen LogP contribution is 2.63. The van der Waals surface area contributed by atoms with E-state index in [9.17, 15) is 0 Å². The van der Waals surface area contributed by atoms with Crippen molar-refractivity contribution in [2.24, 2.45) is 15.9 Å². The molecule has 1 N–H and O–H groups in total. The lowest BCUT2D eigenvalue weighted by molar-refractivity contribution is 0.345. The summed E-state index contributed by atoms with van der Waals surface area (Å²) < 4.78 is 0. The fraction of sp³-hybridized carbons (Fsp3) is 0.222. The van der Waals surface area contributed by atoms with Gasteiger partial charge in [-0.3, -0.25) is 0 Å². The highest BCUT2D eigenvalue weighted by atomic mass is 15.2. The van der Waals surface area contributed by atoms with E-state index in [1.165, 1.54) is 76.6 Å². The van der Waals surface area contributed by atoms with Crippen molar-refractivity contribution in [3.05, 3.63) is 208 Å². The van der Waals surface area contributed by atoms with Gasteiger partial charge in [0.15, 0.2) is 6.17 Å². The summed E-state index contributed by atoms with van der Waals surface area (Å²) in [5.74, 6) is 2.57. The van der Waals surface area contributed by atoms with Crippen LogP contribution in [0.1, 0.15) is 97.0 Å². The van der Waals surface area contributed by atoms with Crippen LogP contribution in [0.5, 0.6) is 0 Å². The van der Waals surface area contributed by atoms with Crippen LogP contribution >= 0.6 is 0 Å². The monoisotopic (exact) mass is 737 g/mol. The molecule has 0 bridgehead atoms. The Morgan fingerprint density at radius 2 is 1.09 bits per heavy atom. The van der Waals surface area contributed by atoms with Crippen LogP contribution in [0, 0.1) is 5.92 Å². The van der Waals surface area contributed by atoms with E-state index in [1.54, 1.807) is 11.1 Å². The van der Waals surface area contributed by atoms with Gasteiger partial charge in [0, 0.05) is 22.5 Å². The zero-order chi connectivity index (χ0) is 38.1. The van der Waals surface area contributed by atoms with E-state index in [-0.39, 0.29) is 17.0 Å². The molecule has 6 aromatic rings. The molecule has 278 valence electrons. The second kappa shape index (κ2) is 13.3. The molecule has 57 heavy (non-hydrogen) atoms. The summed E-state index contributed by atoms with van der Waals surface area (Å²) in [7, 11) is 0. The number of nitrogens with zero attached hydrogens (tertiary/aromatic N) is 2. The highest BCUT2D eigenvalue weighted by molar-refractivity contribution is 6.16. The molecule has 3 unspecified atom stereocenters. The molecule has 0 radical (unpaired) electrons. The lowest BCUT2D eigenvalue weighted by Gasteiger charge is -2.39. The van der Waals surface area contributed by atoms with E-state index in [0.29, 0.717) is 11.8 Å². The molecule has 11 rings (SSSR count). The molecule has 4 aliphatic carbocycles. The van der Waals surface area contributed by atoms with Crippen LogP contribution < -0.4 is 5.32 Å². The predicted octanol–water partition coefficient (Wildman–Crippen LogP) is 12.7. The van der Waals surface area contributed by atoms with Crippen molar-refractivity contribution < 1.29 is 0 Å². The number of rotatable bonds is 5. The Morgan fingerprint density at radius 3 is 1.81 bits per heavy atom. The maximum atomic E-state index is 5.20. The first kappa shape index (κ1) is 34.2. The molecule has 1 fully saturated rings. The van der Waals surface area contributed by atoms with Crippen LogP contribution in [0.2, 0.25) is 0 Å². The quantitative estimate of drug-likeness (QED) is 0.188. The Balaban J connectivity index is 0.937. The first-order valence-corrected chi connectivity index (χ1v) is 20.9. The minimum atomic E-state index is -0.354. The maximum absolute atomic E-state index is 5.20. The fourth-order valence-corrected chi connectivity index (χ4v) is 10.9. The van der Waals surface area contributed by atoms with E-state index < -0.39 is 0 Å². The smallest absolute Gasteiger partial charge is 0.169 e. The molecule has 3 nitrogen and oxygen atoms in total. The van der Waals surface area contributed by atoms with Gasteiger partial charge in [0.25, 0.3) is 0 Å². The van der Waals surface area contributed by atoms with Crippen LogP contribution in [0.3, 0.4) is 0 Å². The molecule has 3 atom stereocenters. The van der Waals surface area contributed by atoms with Crippen LogP contribution in [-0.4, -0.2) is 11.7 Å². The lowest BCUT2D eigenvalue weighted by atomic mass is 9.64. The Hall–Kier alpha value is -6.06. The van der Waals surface area contributed by atoms with E-state index in [4.69, 9.17) is 9.98 Å². The summed E-state index contributed by atoms with van der Waals surface area (Å²) in [6.07, 6.45) is 11.5. The third-order valence-electron chi connectivity index (χ3n) is 13.9. The maximum Gasteiger partial charge on any atom is 0.169 e. The zero-order valence-corrected chi connectivity index (χ0v) is 32.8. The molecular weight excluding hydrogens is 691 g/mol. The fourth-order valence-electron chi connectivity index (χ4n) is 10.9. The molecule has 1 aliphatic heterocycles. The molecule has 3 heteroatoms. The van der Waals surface area contributed by atoms with Crippen molar-refractivity contribution >= 4 is 17.2 Å². The Kier molecular flexibility index (Phi) is 7.96. The van der Waals surface area contributed by atoms with E-state index >= 15 is 0 Å². The number of aliphatic imine (C=N–C) groups is 2. The summed E-state index contributed by atoms with van der Waals surface area (Å²) in [6.45, 7) is 4.92. The van der Waals surface area contributed by atoms with Gasteiger partial charge in [0.2, 0.25) is 0 Å². The van der Waals surface area contributed by atoms with Gasteiger partial charge in [0.05, 0.1) is 0 Å². The molecule has 0 saturated heterocycles. The van der Waals surface area contributed by atoms with Gasteiger partial charge in [0.1, 0.15) is 11.7 Å². The number of fused-ring (bicyclic) bond motifs is 8. The third kappa shape index (κ3) is 5.54.